The van der Waals surface area contributed by atoms with E-state index < -0.39 is 0 Å². The molecular weight excluding hydrogens is 699 g/mol. The molecule has 12 aromatic rings. The van der Waals surface area contributed by atoms with E-state index in [1.807, 2.05) is 36.4 Å². The van der Waals surface area contributed by atoms with Crippen LogP contribution in [0.25, 0.3) is 116 Å². The normalized spacial score (nSPS) is 11.9. The summed E-state index contributed by atoms with van der Waals surface area (Å²) < 4.78 is 16.1. The highest BCUT2D eigenvalue weighted by Crippen LogP contribution is 2.44. The van der Waals surface area contributed by atoms with Crippen molar-refractivity contribution in [3.63, 3.8) is 0 Å². The number of furan rings is 2. The van der Waals surface area contributed by atoms with Gasteiger partial charge >= 0.3 is 0 Å². The van der Waals surface area contributed by atoms with Crippen LogP contribution in [0.3, 0.4) is 0 Å². The van der Waals surface area contributed by atoms with Gasteiger partial charge in [0, 0.05) is 49.0 Å². The van der Waals surface area contributed by atoms with Crippen LogP contribution >= 0.6 is 0 Å². The molecule has 0 bridgehead atoms. The fourth-order valence-corrected chi connectivity index (χ4v) is 8.60. The first-order valence-electron chi connectivity index (χ1n) is 19.2. The molecule has 0 saturated carbocycles. The third-order valence-electron chi connectivity index (χ3n) is 11.2. The average Bonchev–Trinajstić information content (AvgIpc) is 3.97. The molecule has 8 aromatic carbocycles. The highest BCUT2D eigenvalue weighted by Gasteiger charge is 2.23. The third-order valence-corrected chi connectivity index (χ3v) is 11.2. The predicted octanol–water partition coefficient (Wildman–Crippen LogP) is 14.0. The highest BCUT2D eigenvalue weighted by atomic mass is 16.3. The summed E-state index contributed by atoms with van der Waals surface area (Å²) in [4.78, 5) is 10.4. The molecular formula is C52H31N3O2. The topological polar surface area (TPSA) is 57.0 Å². The lowest BCUT2D eigenvalue weighted by Gasteiger charge is -2.11. The van der Waals surface area contributed by atoms with Crippen molar-refractivity contribution >= 4 is 65.7 Å². The van der Waals surface area contributed by atoms with Crippen LogP contribution in [0, 0.1) is 0 Å². The molecule has 0 spiro atoms. The van der Waals surface area contributed by atoms with Crippen molar-refractivity contribution in [2.75, 3.05) is 0 Å². The van der Waals surface area contributed by atoms with Gasteiger partial charge in [-0.2, -0.15) is 0 Å². The van der Waals surface area contributed by atoms with E-state index >= 15 is 0 Å². The van der Waals surface area contributed by atoms with Crippen molar-refractivity contribution in [2.45, 2.75) is 0 Å². The van der Waals surface area contributed by atoms with Crippen LogP contribution in [0.4, 0.5) is 0 Å². The van der Waals surface area contributed by atoms with Crippen LogP contribution in [0.15, 0.2) is 197 Å². The van der Waals surface area contributed by atoms with E-state index in [0.717, 1.165) is 111 Å². The average molecular weight is 730 g/mol. The van der Waals surface area contributed by atoms with Gasteiger partial charge < -0.3 is 13.4 Å². The van der Waals surface area contributed by atoms with E-state index in [4.69, 9.17) is 18.8 Å². The summed E-state index contributed by atoms with van der Waals surface area (Å²) in [5.74, 6) is 0.655. The molecule has 266 valence electrons. The van der Waals surface area contributed by atoms with Crippen molar-refractivity contribution in [3.05, 3.63) is 188 Å². The van der Waals surface area contributed by atoms with Gasteiger partial charge in [-0.15, -0.1) is 0 Å². The van der Waals surface area contributed by atoms with Gasteiger partial charge in [0.15, 0.2) is 17.0 Å². The first-order chi connectivity index (χ1) is 28.3. The van der Waals surface area contributed by atoms with Gasteiger partial charge in [-0.3, -0.25) is 0 Å². The Kier molecular flexibility index (Phi) is 6.86. The van der Waals surface area contributed by atoms with Crippen LogP contribution in [0.2, 0.25) is 0 Å². The quantitative estimate of drug-likeness (QED) is 0.177. The molecule has 0 amide bonds. The second-order valence-electron chi connectivity index (χ2n) is 14.5. The molecule has 12 rings (SSSR count). The van der Waals surface area contributed by atoms with Gasteiger partial charge in [0.05, 0.1) is 28.1 Å². The zero-order valence-corrected chi connectivity index (χ0v) is 30.6. The summed E-state index contributed by atoms with van der Waals surface area (Å²) in [7, 11) is 0. The van der Waals surface area contributed by atoms with E-state index in [0.29, 0.717) is 5.82 Å². The molecule has 0 fully saturated rings. The molecule has 57 heavy (non-hydrogen) atoms. The molecule has 0 atom stereocenters. The second-order valence-corrected chi connectivity index (χ2v) is 14.5. The number of aromatic nitrogens is 3. The molecule has 0 N–H and O–H groups in total. The highest BCUT2D eigenvalue weighted by molar-refractivity contribution is 6.23. The summed E-state index contributed by atoms with van der Waals surface area (Å²) in [5.41, 5.74) is 13.1. The zero-order chi connectivity index (χ0) is 37.5. The summed E-state index contributed by atoms with van der Waals surface area (Å²) in [5, 5.41) is 6.49. The van der Waals surface area contributed by atoms with Gasteiger partial charge in [0.25, 0.3) is 0 Å². The van der Waals surface area contributed by atoms with Crippen LogP contribution in [-0.4, -0.2) is 14.5 Å². The van der Waals surface area contributed by atoms with Crippen molar-refractivity contribution in [1.29, 1.82) is 0 Å². The molecule has 0 radical (unpaired) electrons. The van der Waals surface area contributed by atoms with Gasteiger partial charge in [-0.05, 0) is 53.6 Å². The van der Waals surface area contributed by atoms with E-state index in [2.05, 4.69) is 156 Å². The standard InChI is InChI=1S/C52H31N3O2/c1-3-14-32(15-4-1)34-18-11-19-35(30-34)43-31-44(54-52(53-43)33-16-5-2-6-17-33)42-24-12-22-40-41-29-28-38-36-20-7-9-25-45(36)55(48(38)51(41)57-49(40)42)46-26-13-23-39-37-21-8-10-27-47(37)56-50(39)46/h1-31H. The Balaban J connectivity index is 1.12. The van der Waals surface area contributed by atoms with Crippen molar-refractivity contribution in [1.82, 2.24) is 14.5 Å². The lowest BCUT2D eigenvalue weighted by Crippen LogP contribution is -1.96. The molecule has 0 aliphatic heterocycles. The summed E-state index contributed by atoms with van der Waals surface area (Å²) >= 11 is 0. The number of benzene rings is 8. The minimum absolute atomic E-state index is 0.655. The molecule has 5 nitrogen and oxygen atoms in total. The zero-order valence-electron chi connectivity index (χ0n) is 30.6. The molecule has 4 aromatic heterocycles. The number of hydrogen-bond donors (Lipinski definition) is 0. The number of para-hydroxylation sites is 4. The Labute approximate surface area is 326 Å². The smallest absolute Gasteiger partial charge is 0.160 e. The van der Waals surface area contributed by atoms with E-state index in [1.165, 1.54) is 0 Å². The first-order valence-corrected chi connectivity index (χ1v) is 19.2. The summed E-state index contributed by atoms with van der Waals surface area (Å²) in [6.07, 6.45) is 0. The number of hydrogen-bond acceptors (Lipinski definition) is 4. The minimum Gasteiger partial charge on any atom is -0.454 e. The van der Waals surface area contributed by atoms with Crippen LogP contribution in [0.1, 0.15) is 0 Å². The Hall–Kier alpha value is -7.76. The SMILES string of the molecule is c1ccc(-c2cccc(-c3cc(-c4cccc5c4oc4c5ccc5c6ccccc6n(-c6cccc7c6oc6ccccc67)c54)nc(-c4ccccc4)n3)c2)cc1. The monoisotopic (exact) mass is 729 g/mol. The lowest BCUT2D eigenvalue weighted by atomic mass is 10.00. The molecule has 0 aliphatic carbocycles. The second kappa shape index (κ2) is 12.4. The van der Waals surface area contributed by atoms with E-state index in [1.54, 1.807) is 0 Å². The van der Waals surface area contributed by atoms with E-state index in [-0.39, 0.29) is 0 Å². The number of fused-ring (bicyclic) bond motifs is 10. The largest absolute Gasteiger partial charge is 0.454 e. The Morgan fingerprint density at radius 3 is 1.84 bits per heavy atom. The first kappa shape index (κ1) is 31.6. The maximum atomic E-state index is 7.17. The van der Waals surface area contributed by atoms with Gasteiger partial charge in [-0.1, -0.05) is 146 Å². The van der Waals surface area contributed by atoms with Gasteiger partial charge in [0.1, 0.15) is 11.2 Å². The van der Waals surface area contributed by atoms with Gasteiger partial charge in [0.2, 0.25) is 0 Å². The van der Waals surface area contributed by atoms with Crippen molar-refractivity contribution in [2.24, 2.45) is 0 Å². The van der Waals surface area contributed by atoms with Crippen LogP contribution in [-0.2, 0) is 0 Å². The predicted molar refractivity (Wildman–Crippen MR) is 233 cm³/mol. The lowest BCUT2D eigenvalue weighted by molar-refractivity contribution is 0.665. The number of nitrogens with zero attached hydrogens (tertiary/aromatic N) is 3. The minimum atomic E-state index is 0.655. The van der Waals surface area contributed by atoms with E-state index in [9.17, 15) is 0 Å². The van der Waals surface area contributed by atoms with Crippen molar-refractivity contribution in [3.8, 4) is 50.7 Å². The molecule has 0 unspecified atom stereocenters. The summed E-state index contributed by atoms with van der Waals surface area (Å²) in [6.45, 7) is 0. The molecule has 4 heterocycles. The third kappa shape index (κ3) is 4.89. The Morgan fingerprint density at radius 2 is 0.982 bits per heavy atom. The maximum Gasteiger partial charge on any atom is 0.160 e. The maximum absolute atomic E-state index is 7.17. The molecule has 0 aliphatic rings. The Morgan fingerprint density at radius 1 is 0.368 bits per heavy atom. The molecule has 5 heteroatoms. The van der Waals surface area contributed by atoms with Crippen molar-refractivity contribution < 1.29 is 8.83 Å². The Bertz CT molecular complexity index is 3520. The van der Waals surface area contributed by atoms with Crippen LogP contribution < -0.4 is 0 Å². The van der Waals surface area contributed by atoms with Gasteiger partial charge in [-0.25, -0.2) is 9.97 Å². The summed E-state index contributed by atoms with van der Waals surface area (Å²) in [6, 6.07) is 65.2. The fraction of sp³-hybridized carbons (Fsp3) is 0. The van der Waals surface area contributed by atoms with Crippen LogP contribution in [0.5, 0.6) is 0 Å². The number of rotatable bonds is 5. The fourth-order valence-electron chi connectivity index (χ4n) is 8.60. The molecule has 0 saturated heterocycles.